The van der Waals surface area contributed by atoms with Crippen molar-refractivity contribution in [2.75, 3.05) is 12.4 Å². The maximum Gasteiger partial charge on any atom is 0.341 e. The van der Waals surface area contributed by atoms with Gasteiger partial charge in [0.2, 0.25) is 15.7 Å². The van der Waals surface area contributed by atoms with Gasteiger partial charge in [-0.2, -0.15) is 8.78 Å². The van der Waals surface area contributed by atoms with Crippen molar-refractivity contribution in [2.24, 2.45) is 0 Å². The first-order chi connectivity index (χ1) is 14.0. The molecule has 0 saturated heterocycles. The van der Waals surface area contributed by atoms with E-state index in [0.717, 1.165) is 25.4 Å². The van der Waals surface area contributed by atoms with Crippen LogP contribution in [0.1, 0.15) is 10.4 Å². The number of hydrogen-bond acceptors (Lipinski definition) is 8. The monoisotopic (exact) mass is 445 g/mol. The van der Waals surface area contributed by atoms with Gasteiger partial charge in [0.25, 0.3) is 0 Å². The minimum atomic E-state index is -5.04. The number of esters is 1. The van der Waals surface area contributed by atoms with Gasteiger partial charge in [0.1, 0.15) is 6.54 Å². The Morgan fingerprint density at radius 1 is 1.30 bits per heavy atom. The van der Waals surface area contributed by atoms with E-state index in [1.54, 1.807) is 0 Å². The van der Waals surface area contributed by atoms with Crippen LogP contribution in [0.4, 0.5) is 20.2 Å². The van der Waals surface area contributed by atoms with E-state index in [0.29, 0.717) is 10.6 Å². The number of sulfone groups is 1. The first-order valence-corrected chi connectivity index (χ1v) is 9.41. The minimum Gasteiger partial charge on any atom is -0.465 e. The number of methoxy groups -OCH3 is 1. The van der Waals surface area contributed by atoms with Crippen molar-refractivity contribution in [3.63, 3.8) is 0 Å². The van der Waals surface area contributed by atoms with Gasteiger partial charge in [-0.15, -0.1) is 0 Å². The number of ether oxygens (including phenoxy) is 1. The molecule has 160 valence electrons. The Kier molecular flexibility index (Phi) is 6.61. The molecule has 0 saturated carbocycles. The molecule has 11 nitrogen and oxygen atoms in total. The number of hydrogen-bond donors (Lipinski definition) is 1. The highest BCUT2D eigenvalue weighted by atomic mass is 32.2. The Labute approximate surface area is 167 Å². The van der Waals surface area contributed by atoms with Crippen LogP contribution in [-0.2, 0) is 25.9 Å². The van der Waals surface area contributed by atoms with E-state index < -0.39 is 66.3 Å². The summed E-state index contributed by atoms with van der Waals surface area (Å²) in [5.41, 5.74) is -3.10. The summed E-state index contributed by atoms with van der Waals surface area (Å²) in [7, 11) is -4.04. The van der Waals surface area contributed by atoms with E-state index in [1.165, 1.54) is 12.1 Å². The maximum atomic E-state index is 12.8. The second-order valence-electron chi connectivity index (χ2n) is 5.65. The highest BCUT2D eigenvalue weighted by Crippen LogP contribution is 2.26. The van der Waals surface area contributed by atoms with Crippen molar-refractivity contribution in [1.82, 2.24) is 4.57 Å². The van der Waals surface area contributed by atoms with Crippen LogP contribution in [0, 0.1) is 10.1 Å². The fourth-order valence-corrected chi connectivity index (χ4v) is 3.24. The number of nitrogens with one attached hydrogen (secondary N) is 1. The van der Waals surface area contributed by atoms with Gasteiger partial charge < -0.3 is 10.1 Å². The quantitative estimate of drug-likeness (QED) is 0.378. The first-order valence-electron chi connectivity index (χ1n) is 7.87. The number of para-hydroxylation sites is 1. The van der Waals surface area contributed by atoms with E-state index in [-0.39, 0.29) is 0 Å². The average molecular weight is 445 g/mol. The molecule has 0 atom stereocenters. The summed E-state index contributed by atoms with van der Waals surface area (Å²) in [4.78, 5) is 45.2. The zero-order chi connectivity index (χ0) is 22.6. The molecule has 1 N–H and O–H groups in total. The normalized spacial score (nSPS) is 11.2. The second kappa shape index (κ2) is 8.77. The Hall–Kier alpha value is -3.68. The van der Waals surface area contributed by atoms with Crippen molar-refractivity contribution < 1.29 is 36.4 Å². The lowest BCUT2D eigenvalue weighted by molar-refractivity contribution is -0.386. The average Bonchev–Trinajstić information content (AvgIpc) is 2.68. The number of amides is 1. The number of nitro groups is 1. The number of halogens is 2. The van der Waals surface area contributed by atoms with Gasteiger partial charge in [-0.1, -0.05) is 12.1 Å². The van der Waals surface area contributed by atoms with Gasteiger partial charge >= 0.3 is 23.0 Å². The summed E-state index contributed by atoms with van der Waals surface area (Å²) in [6, 6.07) is 5.01. The third kappa shape index (κ3) is 4.65. The molecular formula is C16H13F2N3O8S. The van der Waals surface area contributed by atoms with Crippen molar-refractivity contribution in [2.45, 2.75) is 17.2 Å². The fraction of sp³-hybridized carbons (Fsp3) is 0.188. The topological polar surface area (TPSA) is 155 Å². The first kappa shape index (κ1) is 22.6. The third-order valence-electron chi connectivity index (χ3n) is 3.70. The summed E-state index contributed by atoms with van der Waals surface area (Å²) < 4.78 is 54.1. The number of rotatable bonds is 7. The predicted molar refractivity (Wildman–Crippen MR) is 97.0 cm³/mol. The molecule has 1 amide bonds. The number of pyridine rings is 1. The fourth-order valence-electron chi connectivity index (χ4n) is 2.36. The van der Waals surface area contributed by atoms with Crippen LogP contribution in [0.5, 0.6) is 0 Å². The van der Waals surface area contributed by atoms with Crippen molar-refractivity contribution >= 4 is 33.1 Å². The maximum absolute atomic E-state index is 12.8. The summed E-state index contributed by atoms with van der Waals surface area (Å²) in [5.74, 6) is -5.82. The smallest absolute Gasteiger partial charge is 0.341 e. The number of carbonyl (C=O) groups is 2. The number of benzene rings is 1. The molecule has 30 heavy (non-hydrogen) atoms. The Balaban J connectivity index is 2.41. The zero-order valence-electron chi connectivity index (χ0n) is 15.1. The molecule has 14 heteroatoms. The molecule has 1 aromatic carbocycles. The Bertz CT molecular complexity index is 1180. The van der Waals surface area contributed by atoms with Crippen LogP contribution in [0.2, 0.25) is 0 Å². The van der Waals surface area contributed by atoms with E-state index >= 15 is 0 Å². The molecule has 0 aliphatic carbocycles. The summed E-state index contributed by atoms with van der Waals surface area (Å²) in [6.45, 7) is -0.881. The summed E-state index contributed by atoms with van der Waals surface area (Å²) >= 11 is 0. The number of anilines is 1. The lowest BCUT2D eigenvalue weighted by Crippen LogP contribution is -2.30. The molecule has 2 rings (SSSR count). The van der Waals surface area contributed by atoms with Gasteiger partial charge in [0.15, 0.2) is 0 Å². The number of carbonyl (C=O) groups excluding carboxylic acids is 2. The standard InChI is InChI=1S/C16H13F2N3O8S/c1-29-15(24)9-6-11(21(25)26)14(23)20(7-9)8-13(22)19-10-4-2-3-5-12(10)30(27,28)16(17)18/h2-7,16H,8H2,1H3,(H,19,22). The van der Waals surface area contributed by atoms with E-state index in [2.05, 4.69) is 10.1 Å². The molecule has 0 aliphatic rings. The van der Waals surface area contributed by atoms with E-state index in [1.807, 2.05) is 0 Å². The lowest BCUT2D eigenvalue weighted by Gasteiger charge is -2.12. The molecule has 0 radical (unpaired) electrons. The number of alkyl halides is 2. The summed E-state index contributed by atoms with van der Waals surface area (Å²) in [5, 5.41) is 13.1. The molecule has 0 aliphatic heterocycles. The van der Waals surface area contributed by atoms with Crippen molar-refractivity contribution in [3.8, 4) is 0 Å². The van der Waals surface area contributed by atoms with Crippen LogP contribution in [0.3, 0.4) is 0 Å². The highest BCUT2D eigenvalue weighted by Gasteiger charge is 2.29. The lowest BCUT2D eigenvalue weighted by atomic mass is 10.2. The molecular weight excluding hydrogens is 432 g/mol. The van der Waals surface area contributed by atoms with Gasteiger partial charge in [-0.3, -0.25) is 24.3 Å². The van der Waals surface area contributed by atoms with Gasteiger partial charge in [-0.25, -0.2) is 13.2 Å². The van der Waals surface area contributed by atoms with Crippen LogP contribution < -0.4 is 10.9 Å². The van der Waals surface area contributed by atoms with E-state index in [4.69, 9.17) is 0 Å². The van der Waals surface area contributed by atoms with Gasteiger partial charge in [0.05, 0.1) is 28.2 Å². The highest BCUT2D eigenvalue weighted by molar-refractivity contribution is 7.91. The molecule has 0 fully saturated rings. The van der Waals surface area contributed by atoms with Crippen LogP contribution >= 0.6 is 0 Å². The Morgan fingerprint density at radius 3 is 2.50 bits per heavy atom. The van der Waals surface area contributed by atoms with Crippen molar-refractivity contribution in [1.29, 1.82) is 0 Å². The molecule has 1 heterocycles. The molecule has 2 aromatic rings. The molecule has 0 unspecified atom stereocenters. The number of nitrogens with zero attached hydrogens (tertiary/aromatic N) is 2. The Morgan fingerprint density at radius 2 is 1.93 bits per heavy atom. The molecule has 0 bridgehead atoms. The van der Waals surface area contributed by atoms with Crippen molar-refractivity contribution in [3.05, 3.63) is 62.6 Å². The predicted octanol–water partition coefficient (Wildman–Crippen LogP) is 1.18. The molecule has 0 spiro atoms. The van der Waals surface area contributed by atoms with Gasteiger partial charge in [0, 0.05) is 12.3 Å². The summed E-state index contributed by atoms with van der Waals surface area (Å²) in [6.07, 6.45) is 0.836. The third-order valence-corrected chi connectivity index (χ3v) is 5.14. The largest absolute Gasteiger partial charge is 0.465 e. The van der Waals surface area contributed by atoms with Crippen LogP contribution in [0.25, 0.3) is 0 Å². The SMILES string of the molecule is COC(=O)c1cc([N+](=O)[O-])c(=O)n(CC(=O)Nc2ccccc2S(=O)(=O)C(F)F)c1. The number of aromatic nitrogens is 1. The molecule has 1 aromatic heterocycles. The van der Waals surface area contributed by atoms with E-state index in [9.17, 15) is 41.7 Å². The minimum absolute atomic E-state index is 0.391. The van der Waals surface area contributed by atoms with Gasteiger partial charge in [-0.05, 0) is 12.1 Å². The van der Waals surface area contributed by atoms with Crippen LogP contribution in [-0.4, -0.2) is 42.7 Å². The van der Waals surface area contributed by atoms with Crippen LogP contribution in [0.15, 0.2) is 46.2 Å². The second-order valence-corrected chi connectivity index (χ2v) is 7.53. The zero-order valence-corrected chi connectivity index (χ0v) is 15.9.